The van der Waals surface area contributed by atoms with E-state index in [-0.39, 0.29) is 29.3 Å². The van der Waals surface area contributed by atoms with Crippen LogP contribution in [-0.2, 0) is 14.3 Å². The van der Waals surface area contributed by atoms with E-state index in [4.69, 9.17) is 9.84 Å². The van der Waals surface area contributed by atoms with Crippen LogP contribution in [-0.4, -0.2) is 45.1 Å². The first-order valence-corrected chi connectivity index (χ1v) is 11.6. The summed E-state index contributed by atoms with van der Waals surface area (Å²) in [6.45, 7) is 13.6. The molecule has 0 spiro atoms. The third-order valence-electron chi connectivity index (χ3n) is 8.15. The molecule has 2 rings (SSSR count). The number of aliphatic carboxylic acids is 1. The van der Waals surface area contributed by atoms with Gasteiger partial charge < -0.3 is 20.1 Å². The Hall–Kier alpha value is -1.40. The van der Waals surface area contributed by atoms with Gasteiger partial charge in [0.15, 0.2) is 5.60 Å². The Morgan fingerprint density at radius 1 is 1.26 bits per heavy atom. The SMILES string of the molecule is CC1=CC[C@@H]2C(C)(C)C[C@H](OC(=O)[C@@](C)(O)[C@H](C)O)C[C@]2(C)[C@@H]1CC[C@@H](C)CC(=O)O. The predicted molar refractivity (Wildman–Crippen MR) is 119 cm³/mol. The predicted octanol–water partition coefficient (Wildman–Crippen LogP) is 4.33. The number of carboxylic acid groups (broad SMARTS) is 1. The van der Waals surface area contributed by atoms with Gasteiger partial charge >= 0.3 is 11.9 Å². The van der Waals surface area contributed by atoms with Crippen molar-refractivity contribution in [3.05, 3.63) is 11.6 Å². The van der Waals surface area contributed by atoms with Crippen molar-refractivity contribution in [2.24, 2.45) is 28.6 Å². The molecule has 0 aliphatic heterocycles. The molecule has 0 amide bonds. The summed E-state index contributed by atoms with van der Waals surface area (Å²) in [7, 11) is 0. The molecule has 178 valence electrons. The third kappa shape index (κ3) is 5.51. The number of carbonyl (C=O) groups is 2. The number of allylic oxidation sites excluding steroid dienone is 2. The number of esters is 1. The maximum absolute atomic E-state index is 12.6. The van der Waals surface area contributed by atoms with Crippen molar-refractivity contribution in [2.75, 3.05) is 0 Å². The summed E-state index contributed by atoms with van der Waals surface area (Å²) < 4.78 is 5.78. The molecule has 2 aliphatic carbocycles. The summed E-state index contributed by atoms with van der Waals surface area (Å²) in [5, 5.41) is 29.2. The van der Waals surface area contributed by atoms with Crippen LogP contribution in [0.1, 0.15) is 87.0 Å². The molecule has 0 bridgehead atoms. The fraction of sp³-hybridized carbons (Fsp3) is 0.840. The minimum Gasteiger partial charge on any atom is -0.481 e. The topological polar surface area (TPSA) is 104 Å². The van der Waals surface area contributed by atoms with E-state index in [1.165, 1.54) is 19.4 Å². The number of rotatable bonds is 8. The molecular weight excluding hydrogens is 396 g/mol. The van der Waals surface area contributed by atoms with E-state index >= 15 is 0 Å². The summed E-state index contributed by atoms with van der Waals surface area (Å²) in [6.07, 6.45) is 5.11. The summed E-state index contributed by atoms with van der Waals surface area (Å²) in [6, 6.07) is 0. The second kappa shape index (κ2) is 9.22. The molecule has 0 saturated heterocycles. The zero-order chi connectivity index (χ0) is 23.8. The lowest BCUT2D eigenvalue weighted by molar-refractivity contribution is -0.190. The molecule has 6 heteroatoms. The highest BCUT2D eigenvalue weighted by atomic mass is 16.6. The van der Waals surface area contributed by atoms with E-state index in [0.29, 0.717) is 24.7 Å². The van der Waals surface area contributed by atoms with Crippen molar-refractivity contribution >= 4 is 11.9 Å². The molecule has 1 saturated carbocycles. The molecule has 0 radical (unpaired) electrons. The minimum atomic E-state index is -1.93. The number of ether oxygens (including phenoxy) is 1. The molecule has 31 heavy (non-hydrogen) atoms. The Morgan fingerprint density at radius 2 is 1.87 bits per heavy atom. The van der Waals surface area contributed by atoms with Crippen molar-refractivity contribution in [2.45, 2.75) is 105 Å². The highest BCUT2D eigenvalue weighted by Gasteiger charge is 2.55. The first kappa shape index (κ1) is 25.9. The van der Waals surface area contributed by atoms with Crippen LogP contribution in [0.2, 0.25) is 0 Å². The number of hydrogen-bond donors (Lipinski definition) is 3. The van der Waals surface area contributed by atoms with Crippen molar-refractivity contribution in [1.82, 2.24) is 0 Å². The molecule has 7 atom stereocenters. The lowest BCUT2D eigenvalue weighted by Gasteiger charge is -2.58. The van der Waals surface area contributed by atoms with E-state index in [2.05, 4.69) is 33.8 Å². The van der Waals surface area contributed by atoms with Crippen LogP contribution in [0.15, 0.2) is 11.6 Å². The van der Waals surface area contributed by atoms with Crippen LogP contribution in [0.5, 0.6) is 0 Å². The van der Waals surface area contributed by atoms with Crippen LogP contribution >= 0.6 is 0 Å². The Labute approximate surface area is 187 Å². The standard InChI is InChI=1S/C25H42O6/c1-15(12-21(27)28)8-10-19-16(2)9-11-20-23(4,5)13-18(14-24(19,20)6)31-22(29)25(7,30)17(3)26/h9,15,17-20,26,30H,8,10-14H2,1-7H3,(H,27,28)/t15-,17+,18+,19-,20-,24-,25+/m1/s1. The quantitative estimate of drug-likeness (QED) is 0.385. The van der Waals surface area contributed by atoms with E-state index < -0.39 is 23.6 Å². The van der Waals surface area contributed by atoms with Gasteiger partial charge in [0.2, 0.25) is 0 Å². The van der Waals surface area contributed by atoms with Gasteiger partial charge in [-0.3, -0.25) is 4.79 Å². The van der Waals surface area contributed by atoms with E-state index in [1.807, 2.05) is 6.92 Å². The van der Waals surface area contributed by atoms with Gasteiger partial charge in [0.25, 0.3) is 0 Å². The van der Waals surface area contributed by atoms with Crippen molar-refractivity contribution < 1.29 is 29.6 Å². The van der Waals surface area contributed by atoms with E-state index in [9.17, 15) is 19.8 Å². The second-order valence-corrected chi connectivity index (χ2v) is 11.3. The summed E-state index contributed by atoms with van der Waals surface area (Å²) >= 11 is 0. The first-order chi connectivity index (χ1) is 14.1. The van der Waals surface area contributed by atoms with Gasteiger partial charge in [0.05, 0.1) is 6.10 Å². The van der Waals surface area contributed by atoms with Gasteiger partial charge in [0, 0.05) is 6.42 Å². The van der Waals surface area contributed by atoms with Gasteiger partial charge in [0.1, 0.15) is 6.10 Å². The highest BCUT2D eigenvalue weighted by molar-refractivity contribution is 5.79. The van der Waals surface area contributed by atoms with Crippen LogP contribution in [0, 0.1) is 28.6 Å². The molecule has 3 N–H and O–H groups in total. The molecule has 0 aromatic carbocycles. The largest absolute Gasteiger partial charge is 0.481 e. The normalized spacial score (nSPS) is 34.0. The molecule has 6 nitrogen and oxygen atoms in total. The molecule has 0 aromatic heterocycles. The molecule has 2 aliphatic rings. The summed E-state index contributed by atoms with van der Waals surface area (Å²) in [5.74, 6) is -0.708. The van der Waals surface area contributed by atoms with Crippen LogP contribution in [0.3, 0.4) is 0 Å². The lowest BCUT2D eigenvalue weighted by atomic mass is 9.47. The number of aliphatic hydroxyl groups is 2. The molecule has 0 aromatic rings. The number of fused-ring (bicyclic) bond motifs is 1. The van der Waals surface area contributed by atoms with Crippen molar-refractivity contribution in [3.63, 3.8) is 0 Å². The van der Waals surface area contributed by atoms with Crippen molar-refractivity contribution in [1.29, 1.82) is 0 Å². The van der Waals surface area contributed by atoms with Gasteiger partial charge in [-0.1, -0.05) is 39.3 Å². The van der Waals surface area contributed by atoms with E-state index in [1.54, 1.807) is 0 Å². The Morgan fingerprint density at radius 3 is 2.42 bits per heavy atom. The average molecular weight is 439 g/mol. The second-order valence-electron chi connectivity index (χ2n) is 11.3. The molecule has 1 fully saturated rings. The van der Waals surface area contributed by atoms with Crippen molar-refractivity contribution in [3.8, 4) is 0 Å². The average Bonchev–Trinajstić information content (AvgIpc) is 2.58. The summed E-state index contributed by atoms with van der Waals surface area (Å²) in [4.78, 5) is 23.7. The van der Waals surface area contributed by atoms with Gasteiger partial charge in [-0.05, 0) is 81.5 Å². The fourth-order valence-corrected chi connectivity index (χ4v) is 6.20. The Bertz CT molecular complexity index is 707. The fourth-order valence-electron chi connectivity index (χ4n) is 6.20. The Kier molecular flexibility index (Phi) is 7.69. The monoisotopic (exact) mass is 438 g/mol. The number of carbonyl (C=O) groups excluding carboxylic acids is 1. The van der Waals surface area contributed by atoms with Crippen LogP contribution in [0.25, 0.3) is 0 Å². The van der Waals surface area contributed by atoms with Crippen LogP contribution < -0.4 is 0 Å². The number of hydrogen-bond acceptors (Lipinski definition) is 5. The third-order valence-corrected chi connectivity index (χ3v) is 8.15. The smallest absolute Gasteiger partial charge is 0.340 e. The number of carboxylic acids is 1. The van der Waals surface area contributed by atoms with Gasteiger partial charge in [-0.2, -0.15) is 0 Å². The highest BCUT2D eigenvalue weighted by Crippen LogP contribution is 2.61. The number of aliphatic hydroxyl groups excluding tert-OH is 1. The summed E-state index contributed by atoms with van der Waals surface area (Å²) in [5.41, 5.74) is -0.752. The lowest BCUT2D eigenvalue weighted by Crippen LogP contribution is -2.55. The Balaban J connectivity index is 2.25. The molecule has 0 unspecified atom stereocenters. The van der Waals surface area contributed by atoms with Crippen LogP contribution in [0.4, 0.5) is 0 Å². The first-order valence-electron chi connectivity index (χ1n) is 11.6. The van der Waals surface area contributed by atoms with Gasteiger partial charge in [-0.15, -0.1) is 0 Å². The zero-order valence-electron chi connectivity index (χ0n) is 20.3. The van der Waals surface area contributed by atoms with Gasteiger partial charge in [-0.25, -0.2) is 4.79 Å². The molecular formula is C25H42O6. The zero-order valence-corrected chi connectivity index (χ0v) is 20.3. The maximum atomic E-state index is 12.6. The maximum Gasteiger partial charge on any atom is 0.340 e. The molecule has 0 heterocycles. The van der Waals surface area contributed by atoms with E-state index in [0.717, 1.165) is 19.3 Å². The minimum absolute atomic E-state index is 0.0588.